The zero-order valence-corrected chi connectivity index (χ0v) is 17.2. The van der Waals surface area contributed by atoms with Gasteiger partial charge in [0.05, 0.1) is 6.54 Å². The molecule has 0 unspecified atom stereocenters. The number of fused-ring (bicyclic) bond motifs is 1. The van der Waals surface area contributed by atoms with Crippen LogP contribution in [0, 0.1) is 0 Å². The number of carbonyl (C=O) groups excluding carboxylic acids is 1. The summed E-state index contributed by atoms with van der Waals surface area (Å²) < 4.78 is 0. The average Bonchev–Trinajstić information content (AvgIpc) is 3.22. The molecule has 1 saturated heterocycles. The summed E-state index contributed by atoms with van der Waals surface area (Å²) in [5.74, 6) is -4.63. The van der Waals surface area contributed by atoms with E-state index in [1.165, 1.54) is 4.90 Å². The number of aliphatic hydroxyl groups is 2. The monoisotopic (exact) mass is 444 g/mol. The van der Waals surface area contributed by atoms with Gasteiger partial charge in [0, 0.05) is 5.56 Å². The highest BCUT2D eigenvalue weighted by molar-refractivity contribution is 5.97. The van der Waals surface area contributed by atoms with Crippen LogP contribution in [-0.2, 0) is 17.6 Å². The summed E-state index contributed by atoms with van der Waals surface area (Å²) >= 11 is 0. The van der Waals surface area contributed by atoms with Crippen molar-refractivity contribution in [3.8, 4) is 0 Å². The maximum Gasteiger partial charge on any atom is 0.343 e. The second-order valence-corrected chi connectivity index (χ2v) is 8.71. The second-order valence-electron chi connectivity index (χ2n) is 8.71. The first-order valence-electron chi connectivity index (χ1n) is 10.5. The first-order valence-corrected chi connectivity index (χ1v) is 10.5. The Hall–Kier alpha value is -3.38. The number of guanidine groups is 2. The van der Waals surface area contributed by atoms with Gasteiger partial charge in [0.1, 0.15) is 6.04 Å². The second kappa shape index (κ2) is 6.81. The van der Waals surface area contributed by atoms with Crippen molar-refractivity contribution in [2.24, 2.45) is 16.5 Å². The largest absolute Gasteiger partial charge is 0.480 e. The Bertz CT molecular complexity index is 1070. The Morgan fingerprint density at radius 1 is 1.25 bits per heavy atom. The fraction of sp³-hybridized carbons (Fsp3) is 0.500. The minimum absolute atomic E-state index is 0.0484. The molecule has 0 aromatic heterocycles. The maximum atomic E-state index is 13.2. The van der Waals surface area contributed by atoms with Crippen LogP contribution in [0.15, 0.2) is 23.2 Å². The van der Waals surface area contributed by atoms with Gasteiger partial charge >= 0.3 is 11.9 Å². The van der Waals surface area contributed by atoms with E-state index in [1.807, 2.05) is 12.1 Å². The lowest BCUT2D eigenvalue weighted by molar-refractivity contribution is -0.519. The summed E-state index contributed by atoms with van der Waals surface area (Å²) in [5.41, 5.74) is 12.6. The number of aliphatic carboxylic acids is 1. The van der Waals surface area contributed by atoms with Gasteiger partial charge in [-0.1, -0.05) is 12.1 Å². The van der Waals surface area contributed by atoms with Gasteiger partial charge in [-0.25, -0.2) is 15.1 Å². The van der Waals surface area contributed by atoms with E-state index in [2.05, 4.69) is 20.6 Å². The van der Waals surface area contributed by atoms with Crippen molar-refractivity contribution in [2.75, 3.05) is 6.54 Å². The molecular formula is C20H26N7O5+. The van der Waals surface area contributed by atoms with E-state index in [0.717, 1.165) is 36.8 Å². The van der Waals surface area contributed by atoms with Crippen molar-refractivity contribution in [3.05, 3.63) is 34.9 Å². The van der Waals surface area contributed by atoms with Crippen molar-refractivity contribution in [1.82, 2.24) is 15.5 Å². The van der Waals surface area contributed by atoms with Crippen molar-refractivity contribution in [1.29, 1.82) is 0 Å². The first-order chi connectivity index (χ1) is 15.2. The molecule has 0 bridgehead atoms. The van der Waals surface area contributed by atoms with Crippen LogP contribution < -0.4 is 27.1 Å². The topological polar surface area (TPSA) is 200 Å². The normalized spacial score (nSPS) is 32.1. The SMILES string of the molecule is NC1=N[C@@H](C(=O)O)[C@@H]2[NH+]=C(N)N[C@]23N1C[C@H](NC(=O)c1cccc2c1CCCC2)C3(O)O. The number of carboxylic acid groups (broad SMARTS) is 1. The Morgan fingerprint density at radius 2 is 2.00 bits per heavy atom. The van der Waals surface area contributed by atoms with Crippen LogP contribution in [0.1, 0.15) is 34.3 Å². The summed E-state index contributed by atoms with van der Waals surface area (Å²) in [5, 5.41) is 37.7. The van der Waals surface area contributed by atoms with Crippen LogP contribution in [0.25, 0.3) is 0 Å². The number of carbonyl (C=O) groups is 2. The molecule has 5 rings (SSSR count). The molecular weight excluding hydrogens is 418 g/mol. The van der Waals surface area contributed by atoms with E-state index in [0.29, 0.717) is 5.56 Å². The number of nitrogens with two attached hydrogens (primary N) is 2. The molecule has 0 saturated carbocycles. The molecule has 1 aromatic carbocycles. The number of aryl methyl sites for hydroxylation is 1. The highest BCUT2D eigenvalue weighted by atomic mass is 16.5. The molecule has 1 spiro atoms. The zero-order valence-electron chi connectivity index (χ0n) is 17.2. The molecule has 0 radical (unpaired) electrons. The third-order valence-corrected chi connectivity index (χ3v) is 6.99. The van der Waals surface area contributed by atoms with Gasteiger partial charge in [-0.3, -0.25) is 20.4 Å². The van der Waals surface area contributed by atoms with Crippen LogP contribution in [0.3, 0.4) is 0 Å². The highest BCUT2D eigenvalue weighted by Crippen LogP contribution is 2.41. The van der Waals surface area contributed by atoms with Crippen LogP contribution in [0.2, 0.25) is 0 Å². The number of hydrogen-bond donors (Lipinski definition) is 8. The Kier molecular flexibility index (Phi) is 4.37. The molecule has 1 amide bonds. The molecule has 4 atom stereocenters. The quantitative estimate of drug-likeness (QED) is 0.212. The van der Waals surface area contributed by atoms with Crippen molar-refractivity contribution < 1.29 is 29.9 Å². The number of amides is 1. The fourth-order valence-electron chi connectivity index (χ4n) is 5.51. The Labute approximate surface area is 183 Å². The highest BCUT2D eigenvalue weighted by Gasteiger charge is 2.77. The van der Waals surface area contributed by atoms with E-state index >= 15 is 0 Å². The molecule has 32 heavy (non-hydrogen) atoms. The fourth-order valence-corrected chi connectivity index (χ4v) is 5.51. The number of rotatable bonds is 3. The van der Waals surface area contributed by atoms with Gasteiger partial charge in [-0.15, -0.1) is 0 Å². The summed E-state index contributed by atoms with van der Waals surface area (Å²) in [7, 11) is 0. The molecule has 12 nitrogen and oxygen atoms in total. The van der Waals surface area contributed by atoms with Gasteiger partial charge in [-0.05, 0) is 42.9 Å². The third-order valence-electron chi connectivity index (χ3n) is 6.99. The molecule has 12 heteroatoms. The Morgan fingerprint density at radius 3 is 2.75 bits per heavy atom. The lowest BCUT2D eigenvalue weighted by Gasteiger charge is -2.45. The molecule has 3 heterocycles. The summed E-state index contributed by atoms with van der Waals surface area (Å²) in [4.78, 5) is 33.1. The minimum Gasteiger partial charge on any atom is -0.480 e. The Balaban J connectivity index is 1.49. The maximum absolute atomic E-state index is 13.2. The molecule has 170 valence electrons. The molecule has 1 aliphatic carbocycles. The van der Waals surface area contributed by atoms with Gasteiger partial charge in [-0.2, -0.15) is 0 Å². The minimum atomic E-state index is -2.63. The standard InChI is InChI=1S/C20H25N7O5/c21-17-25-14-13(16(29)30)24-18(22)27-8-12(20(31,32)19(14,27)26-17)23-15(28)11-7-3-5-9-4-1-2-6-10(9)11/h3,5,7,12-14,31-32H,1-2,4,6,8H2,(H2,22,24)(H,23,28)(H,29,30)(H3,21,25,26)/p+1/t12-,13+,14-,19-/m0/s1. The van der Waals surface area contributed by atoms with E-state index < -0.39 is 41.5 Å². The van der Waals surface area contributed by atoms with Gasteiger partial charge in [0.25, 0.3) is 11.6 Å². The molecule has 10 N–H and O–H groups in total. The van der Waals surface area contributed by atoms with E-state index in [9.17, 15) is 24.9 Å². The van der Waals surface area contributed by atoms with Gasteiger partial charge < -0.3 is 26.4 Å². The number of hydrogen-bond acceptors (Lipinski definition) is 9. The van der Waals surface area contributed by atoms with Crippen molar-refractivity contribution in [3.63, 3.8) is 0 Å². The number of nitrogens with one attached hydrogen (secondary N) is 3. The summed E-state index contributed by atoms with van der Waals surface area (Å²) in [6.07, 6.45) is 3.73. The molecule has 1 aromatic rings. The van der Waals surface area contributed by atoms with Crippen LogP contribution >= 0.6 is 0 Å². The number of benzene rings is 1. The zero-order chi connectivity index (χ0) is 22.8. The van der Waals surface area contributed by atoms with E-state index in [-0.39, 0.29) is 18.5 Å². The van der Waals surface area contributed by atoms with Crippen LogP contribution in [-0.4, -0.2) is 80.1 Å². The first kappa shape index (κ1) is 20.5. The third kappa shape index (κ3) is 2.62. The molecule has 4 aliphatic rings. The van der Waals surface area contributed by atoms with Crippen molar-refractivity contribution in [2.45, 2.75) is 55.3 Å². The predicted molar refractivity (Wildman–Crippen MR) is 111 cm³/mol. The van der Waals surface area contributed by atoms with Crippen molar-refractivity contribution >= 4 is 23.8 Å². The van der Waals surface area contributed by atoms with Gasteiger partial charge in [0.15, 0.2) is 18.0 Å². The summed E-state index contributed by atoms with van der Waals surface area (Å²) in [6.45, 7) is -0.117. The smallest absolute Gasteiger partial charge is 0.343 e. The number of aliphatic imine (C=N–C) groups is 1. The van der Waals surface area contributed by atoms with Crippen LogP contribution in [0.5, 0.6) is 0 Å². The van der Waals surface area contributed by atoms with Crippen LogP contribution in [0.4, 0.5) is 0 Å². The van der Waals surface area contributed by atoms with Gasteiger partial charge in [0.2, 0.25) is 5.79 Å². The number of carboxylic acids is 1. The van der Waals surface area contributed by atoms with E-state index in [1.54, 1.807) is 6.07 Å². The van der Waals surface area contributed by atoms with E-state index in [4.69, 9.17) is 11.5 Å². The molecule has 1 fully saturated rings. The lowest BCUT2D eigenvalue weighted by atomic mass is 9.84. The lowest BCUT2D eigenvalue weighted by Crippen LogP contribution is -2.90. The molecule has 3 aliphatic heterocycles. The number of nitrogens with zero attached hydrogens (tertiary/aromatic N) is 2. The average molecular weight is 444 g/mol. The summed E-state index contributed by atoms with van der Waals surface area (Å²) in [6, 6.07) is 1.76. The predicted octanol–water partition coefficient (Wildman–Crippen LogP) is -4.49.